The third kappa shape index (κ3) is 4.63. The van der Waals surface area contributed by atoms with Crippen LogP contribution in [0.2, 0.25) is 0 Å². The van der Waals surface area contributed by atoms with Crippen molar-refractivity contribution in [3.05, 3.63) is 81.7 Å². The van der Waals surface area contributed by atoms with E-state index in [1.165, 1.54) is 16.9 Å². The van der Waals surface area contributed by atoms with Gasteiger partial charge in [0.25, 0.3) is 5.91 Å². The van der Waals surface area contributed by atoms with E-state index in [9.17, 15) is 4.79 Å². The number of carbonyl (C=O) groups is 1. The van der Waals surface area contributed by atoms with Gasteiger partial charge in [0.05, 0.1) is 12.2 Å². The first-order valence-corrected chi connectivity index (χ1v) is 9.63. The van der Waals surface area contributed by atoms with Crippen molar-refractivity contribution in [1.29, 1.82) is 0 Å². The Bertz CT molecular complexity index is 944. The molecule has 0 spiro atoms. The number of thiophene rings is 1. The lowest BCUT2D eigenvalue weighted by Crippen LogP contribution is -2.11. The Balaban J connectivity index is 1.87. The maximum atomic E-state index is 12.0. The number of carbonyl (C=O) groups excluding carboxylic acids is 1. The lowest BCUT2D eigenvalue weighted by Gasteiger charge is -2.02. The molecule has 0 fully saturated rings. The van der Waals surface area contributed by atoms with Crippen molar-refractivity contribution in [2.75, 3.05) is 6.61 Å². The van der Waals surface area contributed by atoms with E-state index in [1.54, 1.807) is 6.21 Å². The van der Waals surface area contributed by atoms with E-state index in [1.807, 2.05) is 56.3 Å². The molecule has 0 atom stereocenters. The van der Waals surface area contributed by atoms with Crippen molar-refractivity contribution >= 4 is 28.5 Å². The SMILES string of the molecule is CCOc1ccc(C=Nc2sc(Cc3ccccc3)c(C)c2C(N)=O)cc1. The first-order chi connectivity index (χ1) is 13.1. The number of ether oxygens (including phenoxy) is 1. The van der Waals surface area contributed by atoms with Gasteiger partial charge in [-0.3, -0.25) is 4.79 Å². The fourth-order valence-electron chi connectivity index (χ4n) is 2.83. The van der Waals surface area contributed by atoms with Crippen LogP contribution in [0.25, 0.3) is 0 Å². The van der Waals surface area contributed by atoms with Crippen molar-refractivity contribution in [3.8, 4) is 5.75 Å². The van der Waals surface area contributed by atoms with Crippen LogP contribution in [0.5, 0.6) is 5.75 Å². The van der Waals surface area contributed by atoms with Crippen molar-refractivity contribution in [2.45, 2.75) is 20.3 Å². The predicted molar refractivity (Wildman–Crippen MR) is 112 cm³/mol. The quantitative estimate of drug-likeness (QED) is 0.595. The van der Waals surface area contributed by atoms with Crippen molar-refractivity contribution in [3.63, 3.8) is 0 Å². The molecule has 138 valence electrons. The summed E-state index contributed by atoms with van der Waals surface area (Å²) in [6.45, 7) is 4.52. The molecule has 0 radical (unpaired) electrons. The summed E-state index contributed by atoms with van der Waals surface area (Å²) >= 11 is 1.52. The largest absolute Gasteiger partial charge is 0.494 e. The average molecular weight is 378 g/mol. The molecule has 0 aliphatic rings. The molecule has 1 amide bonds. The van der Waals surface area contributed by atoms with E-state index in [-0.39, 0.29) is 0 Å². The number of primary amides is 1. The first kappa shape index (κ1) is 18.9. The van der Waals surface area contributed by atoms with E-state index < -0.39 is 5.91 Å². The molecule has 0 saturated carbocycles. The summed E-state index contributed by atoms with van der Waals surface area (Å²) in [6.07, 6.45) is 2.51. The summed E-state index contributed by atoms with van der Waals surface area (Å²) < 4.78 is 5.45. The second kappa shape index (κ2) is 8.64. The van der Waals surface area contributed by atoms with Crippen LogP contribution in [0.1, 0.15) is 38.8 Å². The Morgan fingerprint density at radius 1 is 1.15 bits per heavy atom. The molecule has 1 aromatic heterocycles. The van der Waals surface area contributed by atoms with Crippen LogP contribution in [0.4, 0.5) is 5.00 Å². The molecule has 0 bridgehead atoms. The maximum Gasteiger partial charge on any atom is 0.252 e. The number of hydrogen-bond donors (Lipinski definition) is 1. The van der Waals surface area contributed by atoms with Crippen molar-refractivity contribution in [2.24, 2.45) is 10.7 Å². The Labute approximate surface area is 163 Å². The van der Waals surface area contributed by atoms with Crippen LogP contribution < -0.4 is 10.5 Å². The number of rotatable bonds is 7. The molecule has 3 aromatic rings. The van der Waals surface area contributed by atoms with Gasteiger partial charge in [0, 0.05) is 17.5 Å². The van der Waals surface area contributed by atoms with Crippen LogP contribution in [-0.4, -0.2) is 18.7 Å². The number of benzene rings is 2. The molecule has 2 N–H and O–H groups in total. The molecule has 1 heterocycles. The predicted octanol–water partition coefficient (Wildman–Crippen LogP) is 4.90. The molecule has 2 aromatic carbocycles. The van der Waals surface area contributed by atoms with Gasteiger partial charge in [0.1, 0.15) is 10.8 Å². The van der Waals surface area contributed by atoms with E-state index in [0.717, 1.165) is 28.2 Å². The van der Waals surface area contributed by atoms with E-state index in [4.69, 9.17) is 10.5 Å². The van der Waals surface area contributed by atoms with Gasteiger partial charge in [-0.1, -0.05) is 30.3 Å². The Morgan fingerprint density at radius 2 is 1.85 bits per heavy atom. The number of aliphatic imine (C=N–C) groups is 1. The maximum absolute atomic E-state index is 12.0. The minimum absolute atomic E-state index is 0.443. The molecule has 0 unspecified atom stereocenters. The molecule has 0 aliphatic carbocycles. The highest BCUT2D eigenvalue weighted by Crippen LogP contribution is 2.36. The molecule has 27 heavy (non-hydrogen) atoms. The Kier molecular flexibility index (Phi) is 6.04. The fourth-order valence-corrected chi connectivity index (χ4v) is 4.01. The van der Waals surface area contributed by atoms with Gasteiger partial charge in [-0.2, -0.15) is 0 Å². The second-order valence-corrected chi connectivity index (χ2v) is 7.20. The zero-order chi connectivity index (χ0) is 19.2. The molecule has 5 heteroatoms. The highest BCUT2D eigenvalue weighted by molar-refractivity contribution is 7.16. The van der Waals surface area contributed by atoms with Gasteiger partial charge in [-0.05, 0) is 54.8 Å². The van der Waals surface area contributed by atoms with Gasteiger partial charge in [-0.25, -0.2) is 4.99 Å². The van der Waals surface area contributed by atoms with Crippen LogP contribution >= 0.6 is 11.3 Å². The normalized spacial score (nSPS) is 11.0. The molecular formula is C22H22N2O2S. The monoisotopic (exact) mass is 378 g/mol. The molecule has 4 nitrogen and oxygen atoms in total. The van der Waals surface area contributed by atoms with Crippen LogP contribution in [0.15, 0.2) is 59.6 Å². The summed E-state index contributed by atoms with van der Waals surface area (Å²) in [6, 6.07) is 17.8. The highest BCUT2D eigenvalue weighted by atomic mass is 32.1. The van der Waals surface area contributed by atoms with Gasteiger partial charge in [0.15, 0.2) is 0 Å². The lowest BCUT2D eigenvalue weighted by atomic mass is 10.1. The minimum Gasteiger partial charge on any atom is -0.494 e. The lowest BCUT2D eigenvalue weighted by molar-refractivity contribution is 0.100. The third-order valence-electron chi connectivity index (χ3n) is 4.20. The molecular weight excluding hydrogens is 356 g/mol. The highest BCUT2D eigenvalue weighted by Gasteiger charge is 2.18. The zero-order valence-electron chi connectivity index (χ0n) is 15.4. The van der Waals surface area contributed by atoms with Crippen molar-refractivity contribution in [1.82, 2.24) is 0 Å². The van der Waals surface area contributed by atoms with Gasteiger partial charge >= 0.3 is 0 Å². The molecule has 0 saturated heterocycles. The summed E-state index contributed by atoms with van der Waals surface area (Å²) in [4.78, 5) is 17.6. The van der Waals surface area contributed by atoms with Gasteiger partial charge in [-0.15, -0.1) is 11.3 Å². The van der Waals surface area contributed by atoms with Crippen LogP contribution in [0, 0.1) is 6.92 Å². The summed E-state index contributed by atoms with van der Waals surface area (Å²) in [7, 11) is 0. The number of nitrogens with two attached hydrogens (primary N) is 1. The van der Waals surface area contributed by atoms with E-state index >= 15 is 0 Å². The number of hydrogen-bond acceptors (Lipinski definition) is 4. The Morgan fingerprint density at radius 3 is 2.48 bits per heavy atom. The minimum atomic E-state index is -0.443. The Hall–Kier alpha value is -2.92. The second-order valence-electron chi connectivity index (χ2n) is 6.12. The van der Waals surface area contributed by atoms with Gasteiger partial charge in [0.2, 0.25) is 0 Å². The van der Waals surface area contributed by atoms with Crippen LogP contribution in [-0.2, 0) is 6.42 Å². The zero-order valence-corrected chi connectivity index (χ0v) is 16.3. The van der Waals surface area contributed by atoms with E-state index in [0.29, 0.717) is 17.2 Å². The first-order valence-electron chi connectivity index (χ1n) is 8.81. The fraction of sp³-hybridized carbons (Fsp3) is 0.182. The number of amides is 1. The number of nitrogens with zero attached hydrogens (tertiary/aromatic N) is 1. The smallest absolute Gasteiger partial charge is 0.252 e. The summed E-state index contributed by atoms with van der Waals surface area (Å²) in [5.74, 6) is 0.381. The average Bonchev–Trinajstić information content (AvgIpc) is 2.98. The summed E-state index contributed by atoms with van der Waals surface area (Å²) in [5, 5.41) is 0.653. The molecule has 0 aliphatic heterocycles. The van der Waals surface area contributed by atoms with Crippen molar-refractivity contribution < 1.29 is 9.53 Å². The summed E-state index contributed by atoms with van der Waals surface area (Å²) in [5.41, 5.74) is 9.17. The topological polar surface area (TPSA) is 64.7 Å². The third-order valence-corrected chi connectivity index (χ3v) is 5.40. The van der Waals surface area contributed by atoms with E-state index in [2.05, 4.69) is 17.1 Å². The standard InChI is InChI=1S/C22H22N2O2S/c1-3-26-18-11-9-17(10-12-18)14-24-22-20(21(23)25)15(2)19(27-22)13-16-7-5-4-6-8-16/h4-12,14H,3,13H2,1-2H3,(H2,23,25). The molecule has 3 rings (SSSR count). The van der Waals surface area contributed by atoms with Gasteiger partial charge < -0.3 is 10.5 Å². The van der Waals surface area contributed by atoms with Crippen LogP contribution in [0.3, 0.4) is 0 Å².